The van der Waals surface area contributed by atoms with E-state index < -0.39 is 35.6 Å². The second-order valence-corrected chi connectivity index (χ2v) is 15.2. The van der Waals surface area contributed by atoms with Crippen LogP contribution in [0.4, 0.5) is 5.69 Å². The number of carboxylic acid groups (broad SMARTS) is 1. The Hall–Kier alpha value is -4.14. The number of carbonyl (C=O) groups is 5. The number of thiazole rings is 1. The fraction of sp³-hybridized carbons (Fsp3) is 0.412. The van der Waals surface area contributed by atoms with Gasteiger partial charge in [-0.1, -0.05) is 22.9 Å². The Balaban J connectivity index is 1.15. The summed E-state index contributed by atoms with van der Waals surface area (Å²) in [6.07, 6.45) is 0.745. The molecular weight excluding hydrogens is 694 g/mol. The van der Waals surface area contributed by atoms with Crippen molar-refractivity contribution in [1.82, 2.24) is 9.88 Å². The van der Waals surface area contributed by atoms with Crippen LogP contribution >= 0.6 is 34.7 Å². The highest BCUT2D eigenvalue weighted by Gasteiger charge is 2.69. The summed E-state index contributed by atoms with van der Waals surface area (Å²) in [5, 5.41) is 12.9. The molecule has 3 N–H and O–H groups in total. The number of amides is 3. The molecule has 7 atom stereocenters. The molecule has 3 fully saturated rings. The zero-order valence-electron chi connectivity index (χ0n) is 26.2. The molecule has 0 spiro atoms. The first-order chi connectivity index (χ1) is 23.5. The molecule has 1 aromatic heterocycles. The largest absolute Gasteiger partial charge is 0.483 e. The number of carbonyl (C=O) groups excluding carboxylic acids is 4. The van der Waals surface area contributed by atoms with E-state index in [0.29, 0.717) is 34.0 Å². The van der Waals surface area contributed by atoms with E-state index in [1.54, 1.807) is 61.2 Å². The van der Waals surface area contributed by atoms with Gasteiger partial charge >= 0.3 is 16.8 Å². The summed E-state index contributed by atoms with van der Waals surface area (Å²) in [5.41, 5.74) is 1.51. The third kappa shape index (κ3) is 6.03. The Labute approximate surface area is 293 Å². The molecule has 2 saturated carbocycles. The van der Waals surface area contributed by atoms with Crippen LogP contribution in [0.5, 0.6) is 5.75 Å². The number of ether oxygens (including phenoxy) is 2. The number of likely N-dealkylation sites (tertiary alicyclic amines) is 1. The Bertz CT molecular complexity index is 1910. The lowest BCUT2D eigenvalue weighted by Crippen LogP contribution is -2.42. The van der Waals surface area contributed by atoms with Gasteiger partial charge in [0.2, 0.25) is 11.8 Å². The van der Waals surface area contributed by atoms with Gasteiger partial charge in [0.25, 0.3) is 5.91 Å². The number of rotatable bonds is 11. The first-order valence-electron chi connectivity index (χ1n) is 16.0. The van der Waals surface area contributed by atoms with E-state index in [4.69, 9.17) is 26.2 Å². The number of benzene rings is 2. The number of nitrogens with one attached hydrogen (secondary N) is 2. The number of esters is 1. The monoisotopic (exact) mass is 725 g/mol. The Kier molecular flexibility index (Phi) is 9.05. The van der Waals surface area contributed by atoms with Crippen LogP contribution in [0.25, 0.3) is 0 Å². The number of thioether (sulfide) groups is 1. The molecule has 12 nitrogen and oxygen atoms in total. The van der Waals surface area contributed by atoms with E-state index in [2.05, 4.69) is 10.3 Å². The Morgan fingerprint density at radius 2 is 1.80 bits per heavy atom. The van der Waals surface area contributed by atoms with Crippen molar-refractivity contribution < 1.29 is 38.6 Å². The number of imide groups is 1. The van der Waals surface area contributed by atoms with Crippen LogP contribution in [0.3, 0.4) is 0 Å². The fourth-order valence-corrected chi connectivity index (χ4v) is 11.2. The van der Waals surface area contributed by atoms with Crippen molar-refractivity contribution in [2.45, 2.75) is 42.4 Å². The highest BCUT2D eigenvalue weighted by Crippen LogP contribution is 2.69. The third-order valence-electron chi connectivity index (χ3n) is 9.93. The Morgan fingerprint density at radius 3 is 2.51 bits per heavy atom. The highest BCUT2D eigenvalue weighted by molar-refractivity contribution is 8.00. The average Bonchev–Trinajstić information content (AvgIpc) is 3.80. The van der Waals surface area contributed by atoms with Crippen molar-refractivity contribution in [3.8, 4) is 5.75 Å². The average molecular weight is 726 g/mol. The van der Waals surface area contributed by atoms with E-state index in [-0.39, 0.29) is 72.3 Å². The number of carboxylic acids is 1. The summed E-state index contributed by atoms with van der Waals surface area (Å²) < 4.78 is 11.1. The van der Waals surface area contributed by atoms with Crippen molar-refractivity contribution in [2.24, 2.45) is 29.6 Å². The number of fused-ring (bicyclic) bond motifs is 9. The van der Waals surface area contributed by atoms with Crippen LogP contribution in [-0.4, -0.2) is 69.7 Å². The molecule has 256 valence electrons. The van der Waals surface area contributed by atoms with Crippen molar-refractivity contribution in [1.29, 1.82) is 0 Å². The molecule has 2 aliphatic carbocycles. The smallest absolute Gasteiger partial charge is 0.338 e. The molecule has 3 amide bonds. The fourth-order valence-electron chi connectivity index (χ4n) is 8.17. The number of halogens is 1. The van der Waals surface area contributed by atoms with Gasteiger partial charge < -0.3 is 24.9 Å². The van der Waals surface area contributed by atoms with Crippen LogP contribution in [0, 0.1) is 29.6 Å². The van der Waals surface area contributed by atoms with Gasteiger partial charge in [-0.2, -0.15) is 0 Å². The molecule has 2 bridgehead atoms. The minimum absolute atomic E-state index is 0.0718. The van der Waals surface area contributed by atoms with Crippen LogP contribution in [0.1, 0.15) is 52.9 Å². The van der Waals surface area contributed by atoms with Gasteiger partial charge in [-0.05, 0) is 80.0 Å². The minimum Gasteiger partial charge on any atom is -0.483 e. The van der Waals surface area contributed by atoms with Crippen molar-refractivity contribution in [3.05, 3.63) is 73.2 Å². The van der Waals surface area contributed by atoms with Crippen LogP contribution in [0.2, 0.25) is 5.02 Å². The number of aromatic amines is 1. The number of aromatic nitrogens is 1. The number of H-pyrrole nitrogens is 1. The lowest BCUT2D eigenvalue weighted by atomic mass is 9.68. The quantitative estimate of drug-likeness (QED) is 0.187. The van der Waals surface area contributed by atoms with Gasteiger partial charge in [-0.3, -0.25) is 28.9 Å². The minimum atomic E-state index is -0.980. The molecule has 1 saturated heterocycles. The van der Waals surface area contributed by atoms with E-state index in [1.807, 2.05) is 0 Å². The molecule has 6 unspecified atom stereocenters. The van der Waals surface area contributed by atoms with Gasteiger partial charge in [0.1, 0.15) is 5.75 Å². The van der Waals surface area contributed by atoms with Crippen LogP contribution in [-0.2, 0) is 23.9 Å². The van der Waals surface area contributed by atoms with Gasteiger partial charge in [0.05, 0.1) is 29.0 Å². The molecule has 0 radical (unpaired) electrons. The lowest BCUT2D eigenvalue weighted by molar-refractivity contribution is -0.142. The summed E-state index contributed by atoms with van der Waals surface area (Å²) in [5.74, 6) is -3.73. The molecule has 4 aliphatic rings. The highest BCUT2D eigenvalue weighted by atomic mass is 35.5. The summed E-state index contributed by atoms with van der Waals surface area (Å²) in [4.78, 5) is 80.9. The van der Waals surface area contributed by atoms with Crippen molar-refractivity contribution in [3.63, 3.8) is 0 Å². The first kappa shape index (κ1) is 33.4. The topological polar surface area (TPSA) is 172 Å². The van der Waals surface area contributed by atoms with E-state index in [0.717, 1.165) is 21.2 Å². The number of nitrogens with zero attached hydrogens (tertiary/aromatic N) is 1. The molecule has 2 aliphatic heterocycles. The summed E-state index contributed by atoms with van der Waals surface area (Å²) in [6.45, 7) is 1.71. The number of hydrogen-bond donors (Lipinski definition) is 3. The van der Waals surface area contributed by atoms with Crippen LogP contribution < -0.4 is 14.9 Å². The molecule has 3 heterocycles. The second-order valence-electron chi connectivity index (χ2n) is 12.6. The van der Waals surface area contributed by atoms with Gasteiger partial charge in [-0.25, -0.2) is 4.79 Å². The predicted molar refractivity (Wildman–Crippen MR) is 180 cm³/mol. The first-order valence-corrected chi connectivity index (χ1v) is 18.1. The third-order valence-corrected chi connectivity index (χ3v) is 12.8. The van der Waals surface area contributed by atoms with Gasteiger partial charge in [0.15, 0.2) is 6.61 Å². The maximum atomic E-state index is 13.7. The van der Waals surface area contributed by atoms with Crippen LogP contribution in [0.15, 0.2) is 52.3 Å². The summed E-state index contributed by atoms with van der Waals surface area (Å²) >= 11 is 9.19. The Morgan fingerprint density at radius 1 is 1.06 bits per heavy atom. The predicted octanol–water partition coefficient (Wildman–Crippen LogP) is 4.62. The molecule has 15 heteroatoms. The molecule has 3 aromatic rings. The van der Waals surface area contributed by atoms with Gasteiger partial charge in [0, 0.05) is 45.3 Å². The maximum absolute atomic E-state index is 13.7. The number of hydrogen-bond acceptors (Lipinski definition) is 10. The SMILES string of the molecule is CCOC(=O)c1ccc(NC(=O)COc2ccc(Cl)cc2[C@H]2c3sc(=O)[nH]c3SC3C4CC(C5C(=O)N(CCCC(=O)O)C(=O)C45)C32)cc1. The molecule has 49 heavy (non-hydrogen) atoms. The normalized spacial score (nSPS) is 26.2. The summed E-state index contributed by atoms with van der Waals surface area (Å²) in [6, 6.07) is 11.4. The molecule has 2 aromatic carbocycles. The lowest BCUT2D eigenvalue weighted by Gasteiger charge is -2.43. The zero-order valence-corrected chi connectivity index (χ0v) is 28.6. The van der Waals surface area contributed by atoms with E-state index in [9.17, 15) is 28.8 Å². The summed E-state index contributed by atoms with van der Waals surface area (Å²) in [7, 11) is 0. The van der Waals surface area contributed by atoms with E-state index in [1.165, 1.54) is 4.90 Å². The van der Waals surface area contributed by atoms with Crippen molar-refractivity contribution in [2.75, 3.05) is 25.1 Å². The molecule has 7 rings (SSSR count). The second kappa shape index (κ2) is 13.3. The zero-order chi connectivity index (χ0) is 34.6. The van der Waals surface area contributed by atoms with Crippen molar-refractivity contribution >= 4 is 70.0 Å². The number of aliphatic carboxylic acids is 1. The molecular formula is C34H32ClN3O9S2. The number of anilines is 1. The van der Waals surface area contributed by atoms with Gasteiger partial charge in [-0.15, -0.1) is 11.8 Å². The standard InChI is InChI=1S/C34H32ClN3O9S2/c1-2-46-33(44)15-5-8-17(9-6-15)36-22(39)14-47-21-10-7-16(35)12-18(21)24-25-19-13-20(28(25)48-30-29(24)49-34(45)37-30)27-26(19)31(42)38(32(27)43)11-3-4-23(40)41/h5-10,12,19-20,24-28H,2-4,11,13-14H2,1H3,(H,36,39)(H,37,45)(H,40,41)/t19?,20?,24-,25?,26?,27?,28?/m1/s1. The van der Waals surface area contributed by atoms with E-state index >= 15 is 0 Å². The maximum Gasteiger partial charge on any atom is 0.338 e.